The Balaban J connectivity index is 1.80. The topological polar surface area (TPSA) is 18.5 Å². The maximum Gasteiger partial charge on any atom is 0.143 e. The van der Waals surface area contributed by atoms with Crippen LogP contribution in [0.3, 0.4) is 0 Å². The summed E-state index contributed by atoms with van der Waals surface area (Å²) in [5, 5.41) is 4.46. The average molecular weight is 397 g/mol. The van der Waals surface area contributed by atoms with Crippen molar-refractivity contribution in [3.63, 3.8) is 0 Å². The van der Waals surface area contributed by atoms with Gasteiger partial charge in [-0.2, -0.15) is 0 Å². The number of halogens is 1. The maximum atomic E-state index is 6.36. The minimum Gasteiger partial charge on any atom is -0.456 e. The van der Waals surface area contributed by atoms with E-state index < -0.39 is 0 Å². The molecule has 0 aromatic heterocycles. The van der Waals surface area contributed by atoms with Crippen LogP contribution in [0.4, 0.5) is 0 Å². The van der Waals surface area contributed by atoms with Gasteiger partial charge in [-0.25, -0.2) is 0 Å². The van der Waals surface area contributed by atoms with Crippen molar-refractivity contribution < 1.29 is 9.47 Å². The average Bonchev–Trinajstić information content (AvgIpc) is 2.77. The van der Waals surface area contributed by atoms with Crippen LogP contribution in [0.1, 0.15) is 0 Å². The number of fused-ring (bicyclic) bond motifs is 2. The van der Waals surface area contributed by atoms with Gasteiger partial charge in [-0.15, -0.1) is 0 Å². The lowest BCUT2D eigenvalue weighted by Gasteiger charge is -2.18. The lowest BCUT2D eigenvalue weighted by Crippen LogP contribution is -1.93. The quantitative estimate of drug-likeness (QED) is 0.285. The zero-order valence-electron chi connectivity index (χ0n) is 15.5. The van der Waals surface area contributed by atoms with Gasteiger partial charge in [0.25, 0.3) is 0 Å². The Morgan fingerprint density at radius 1 is 0.448 bits per heavy atom. The molecule has 0 fully saturated rings. The van der Waals surface area contributed by atoms with E-state index in [4.69, 9.17) is 21.1 Å². The Labute approximate surface area is 173 Å². The summed E-state index contributed by atoms with van der Waals surface area (Å²) in [6.45, 7) is 0. The molecule has 0 unspecified atom stereocenters. The van der Waals surface area contributed by atoms with E-state index in [-0.39, 0.29) is 0 Å². The van der Waals surface area contributed by atoms with Crippen LogP contribution in [0.15, 0.2) is 103 Å². The van der Waals surface area contributed by atoms with Crippen LogP contribution in [0.25, 0.3) is 21.5 Å². The highest BCUT2D eigenvalue weighted by molar-refractivity contribution is 6.31. The number of hydrogen-bond donors (Lipinski definition) is 0. The molecule has 0 heterocycles. The van der Waals surface area contributed by atoms with Gasteiger partial charge in [-0.05, 0) is 42.5 Å². The number of hydrogen-bond acceptors (Lipinski definition) is 2. The van der Waals surface area contributed by atoms with Gasteiger partial charge in [-0.1, -0.05) is 72.3 Å². The van der Waals surface area contributed by atoms with Gasteiger partial charge < -0.3 is 9.47 Å². The second-order valence-electron chi connectivity index (χ2n) is 6.72. The summed E-state index contributed by atoms with van der Waals surface area (Å²) in [5.74, 6) is 3.12. The van der Waals surface area contributed by atoms with Gasteiger partial charge in [-0.3, -0.25) is 0 Å². The maximum absolute atomic E-state index is 6.36. The van der Waals surface area contributed by atoms with Crippen molar-refractivity contribution in [1.82, 2.24) is 0 Å². The van der Waals surface area contributed by atoms with E-state index in [1.165, 1.54) is 0 Å². The minimum absolute atomic E-state index is 0.649. The molecule has 0 N–H and O–H groups in total. The molecule has 2 nitrogen and oxygen atoms in total. The Morgan fingerprint density at radius 2 is 0.897 bits per heavy atom. The lowest BCUT2D eigenvalue weighted by atomic mass is 10.0. The number of para-hydroxylation sites is 2. The van der Waals surface area contributed by atoms with Gasteiger partial charge in [0.2, 0.25) is 0 Å². The van der Waals surface area contributed by atoms with Crippen LogP contribution in [0.2, 0.25) is 5.02 Å². The molecular formula is C26H17ClO2. The highest BCUT2D eigenvalue weighted by Crippen LogP contribution is 2.46. The first kappa shape index (κ1) is 17.6. The van der Waals surface area contributed by atoms with Crippen molar-refractivity contribution in [3.05, 3.63) is 108 Å². The largest absolute Gasteiger partial charge is 0.456 e. The van der Waals surface area contributed by atoms with Crippen molar-refractivity contribution in [2.24, 2.45) is 0 Å². The van der Waals surface area contributed by atoms with Gasteiger partial charge in [0, 0.05) is 26.6 Å². The molecule has 0 bridgehead atoms. The minimum atomic E-state index is 0.649. The summed E-state index contributed by atoms with van der Waals surface area (Å²) in [7, 11) is 0. The Kier molecular flexibility index (Phi) is 4.55. The zero-order chi connectivity index (χ0) is 19.6. The fourth-order valence-electron chi connectivity index (χ4n) is 3.50. The molecule has 0 radical (unpaired) electrons. The second kappa shape index (κ2) is 7.50. The van der Waals surface area contributed by atoms with Crippen molar-refractivity contribution >= 4 is 33.1 Å². The summed E-state index contributed by atoms with van der Waals surface area (Å²) in [4.78, 5) is 0. The summed E-state index contributed by atoms with van der Waals surface area (Å²) in [5.41, 5.74) is 0. The Morgan fingerprint density at radius 3 is 1.45 bits per heavy atom. The first-order valence-corrected chi connectivity index (χ1v) is 9.77. The summed E-state index contributed by atoms with van der Waals surface area (Å²) in [6, 6.07) is 33.5. The fourth-order valence-corrected chi connectivity index (χ4v) is 3.68. The first-order chi connectivity index (χ1) is 14.3. The molecule has 5 aromatic rings. The van der Waals surface area contributed by atoms with Crippen molar-refractivity contribution in [1.29, 1.82) is 0 Å². The third-order valence-electron chi connectivity index (χ3n) is 4.81. The molecule has 0 saturated heterocycles. The van der Waals surface area contributed by atoms with E-state index in [9.17, 15) is 0 Å². The number of rotatable bonds is 4. The number of benzene rings is 5. The van der Waals surface area contributed by atoms with Crippen LogP contribution >= 0.6 is 11.6 Å². The summed E-state index contributed by atoms with van der Waals surface area (Å²) in [6.07, 6.45) is 0. The van der Waals surface area contributed by atoms with Gasteiger partial charge in [0.15, 0.2) is 0 Å². The summed E-state index contributed by atoms with van der Waals surface area (Å²) >= 11 is 6.36. The SMILES string of the molecule is Clc1ccc2c(Oc3ccccc3)c3ccccc3c(Oc3ccccc3)c2c1. The third-order valence-corrected chi connectivity index (χ3v) is 5.05. The van der Waals surface area contributed by atoms with E-state index in [0.717, 1.165) is 44.5 Å². The molecule has 140 valence electrons. The highest BCUT2D eigenvalue weighted by atomic mass is 35.5. The molecule has 5 rings (SSSR count). The Bertz CT molecular complexity index is 1300. The smallest absolute Gasteiger partial charge is 0.143 e. The molecule has 0 aliphatic carbocycles. The fraction of sp³-hybridized carbons (Fsp3) is 0. The molecule has 0 aliphatic heterocycles. The van der Waals surface area contributed by atoms with Crippen molar-refractivity contribution in [2.45, 2.75) is 0 Å². The van der Waals surface area contributed by atoms with Gasteiger partial charge in [0.1, 0.15) is 23.0 Å². The van der Waals surface area contributed by atoms with Crippen LogP contribution in [0.5, 0.6) is 23.0 Å². The molecule has 0 saturated carbocycles. The van der Waals surface area contributed by atoms with E-state index >= 15 is 0 Å². The Hall–Kier alpha value is -3.49. The molecule has 5 aromatic carbocycles. The van der Waals surface area contributed by atoms with Gasteiger partial charge in [0.05, 0.1) is 0 Å². The monoisotopic (exact) mass is 396 g/mol. The first-order valence-electron chi connectivity index (χ1n) is 9.39. The van der Waals surface area contributed by atoms with Crippen LogP contribution in [-0.2, 0) is 0 Å². The van der Waals surface area contributed by atoms with Gasteiger partial charge >= 0.3 is 0 Å². The van der Waals surface area contributed by atoms with Crippen molar-refractivity contribution in [2.75, 3.05) is 0 Å². The normalized spacial score (nSPS) is 10.9. The molecule has 0 aliphatic rings. The molecule has 0 spiro atoms. The van der Waals surface area contributed by atoms with E-state index in [1.807, 2.05) is 97.1 Å². The lowest BCUT2D eigenvalue weighted by molar-refractivity contribution is 0.486. The molecule has 0 amide bonds. The van der Waals surface area contributed by atoms with Crippen LogP contribution in [-0.4, -0.2) is 0 Å². The number of ether oxygens (including phenoxy) is 2. The summed E-state index contributed by atoms with van der Waals surface area (Å²) < 4.78 is 12.7. The highest BCUT2D eigenvalue weighted by Gasteiger charge is 2.17. The van der Waals surface area contributed by atoms with E-state index in [2.05, 4.69) is 6.07 Å². The van der Waals surface area contributed by atoms with Crippen molar-refractivity contribution in [3.8, 4) is 23.0 Å². The molecule has 29 heavy (non-hydrogen) atoms. The van der Waals surface area contributed by atoms with E-state index in [0.29, 0.717) is 5.02 Å². The standard InChI is InChI=1S/C26H17ClO2/c27-18-15-16-23-24(17-18)26(29-20-11-5-2-6-12-20)22-14-8-7-13-21(22)25(23)28-19-9-3-1-4-10-19/h1-17H. The van der Waals surface area contributed by atoms with Crippen LogP contribution < -0.4 is 9.47 Å². The molecule has 3 heteroatoms. The molecule has 0 atom stereocenters. The zero-order valence-corrected chi connectivity index (χ0v) is 16.3. The predicted octanol–water partition coefficient (Wildman–Crippen LogP) is 8.23. The van der Waals surface area contributed by atoms with E-state index in [1.54, 1.807) is 0 Å². The predicted molar refractivity (Wildman–Crippen MR) is 119 cm³/mol. The molecular weight excluding hydrogens is 380 g/mol. The second-order valence-corrected chi connectivity index (χ2v) is 7.16. The third kappa shape index (κ3) is 3.39. The van der Waals surface area contributed by atoms with Crippen LogP contribution in [0, 0.1) is 0 Å².